The summed E-state index contributed by atoms with van der Waals surface area (Å²) in [5.74, 6) is -1.83. The molecule has 0 saturated carbocycles. The quantitative estimate of drug-likeness (QED) is 0.656. The Balaban J connectivity index is 2.85. The summed E-state index contributed by atoms with van der Waals surface area (Å²) in [6.45, 7) is 4.97. The Morgan fingerprint density at radius 3 is 2.62 bits per heavy atom. The number of hydrogen-bond donors (Lipinski definition) is 3. The number of aromatic amines is 1. The second-order valence-corrected chi connectivity index (χ2v) is 4.63. The van der Waals surface area contributed by atoms with Crippen molar-refractivity contribution in [3.05, 3.63) is 17.5 Å². The van der Waals surface area contributed by atoms with Gasteiger partial charge in [0.25, 0.3) is 5.91 Å². The van der Waals surface area contributed by atoms with Crippen LogP contribution >= 0.6 is 0 Å². The topological polar surface area (TPSA) is 115 Å². The second kappa shape index (κ2) is 7.41. The molecule has 3 N–H and O–H groups in total. The van der Waals surface area contributed by atoms with Gasteiger partial charge in [-0.25, -0.2) is 4.79 Å². The molecule has 1 atom stereocenters. The third-order valence-corrected chi connectivity index (χ3v) is 3.04. The number of hydrogen-bond acceptors (Lipinski definition) is 4. The van der Waals surface area contributed by atoms with Crippen molar-refractivity contribution in [2.75, 3.05) is 13.1 Å². The van der Waals surface area contributed by atoms with Crippen molar-refractivity contribution in [1.29, 1.82) is 0 Å². The molecule has 1 aromatic rings. The third kappa shape index (κ3) is 4.59. The molecule has 116 valence electrons. The van der Waals surface area contributed by atoms with Crippen LogP contribution in [0.2, 0.25) is 0 Å². The molecule has 0 aliphatic heterocycles. The average Bonchev–Trinajstić information content (AvgIpc) is 2.90. The highest BCUT2D eigenvalue weighted by Gasteiger charge is 2.27. The lowest BCUT2D eigenvalue weighted by atomic mass is 10.2. The molecule has 0 aromatic carbocycles. The SMILES string of the molecule is CCc1cc(C(=O)N(CCNC(C)=O)C(C)C(=O)O)n[nH]1. The Kier molecular flexibility index (Phi) is 5.89. The van der Waals surface area contributed by atoms with Crippen LogP contribution in [-0.4, -0.2) is 57.1 Å². The first-order chi connectivity index (χ1) is 9.86. The fraction of sp³-hybridized carbons (Fsp3) is 0.538. The molecule has 8 heteroatoms. The monoisotopic (exact) mass is 296 g/mol. The molecule has 2 amide bonds. The van der Waals surface area contributed by atoms with Crippen molar-refractivity contribution in [2.45, 2.75) is 33.2 Å². The minimum atomic E-state index is -1.11. The summed E-state index contributed by atoms with van der Waals surface area (Å²) >= 11 is 0. The van der Waals surface area contributed by atoms with Gasteiger partial charge in [0.2, 0.25) is 5.91 Å². The Morgan fingerprint density at radius 2 is 2.14 bits per heavy atom. The molecule has 21 heavy (non-hydrogen) atoms. The van der Waals surface area contributed by atoms with Gasteiger partial charge in [-0.15, -0.1) is 0 Å². The summed E-state index contributed by atoms with van der Waals surface area (Å²) in [5, 5.41) is 18.3. The summed E-state index contributed by atoms with van der Waals surface area (Å²) < 4.78 is 0. The van der Waals surface area contributed by atoms with E-state index in [2.05, 4.69) is 15.5 Å². The highest BCUT2D eigenvalue weighted by Crippen LogP contribution is 2.08. The van der Waals surface area contributed by atoms with Gasteiger partial charge in [0, 0.05) is 25.7 Å². The molecule has 8 nitrogen and oxygen atoms in total. The molecule has 1 unspecified atom stereocenters. The maximum absolute atomic E-state index is 12.4. The van der Waals surface area contributed by atoms with Crippen LogP contribution in [0.3, 0.4) is 0 Å². The number of carboxylic acids is 1. The van der Waals surface area contributed by atoms with Crippen LogP contribution in [0, 0.1) is 0 Å². The first kappa shape index (κ1) is 16.7. The maximum atomic E-state index is 12.4. The Morgan fingerprint density at radius 1 is 1.48 bits per heavy atom. The molecule has 0 aliphatic rings. The van der Waals surface area contributed by atoms with E-state index in [0.717, 1.165) is 5.69 Å². The predicted molar refractivity (Wildman–Crippen MR) is 74.8 cm³/mol. The maximum Gasteiger partial charge on any atom is 0.326 e. The van der Waals surface area contributed by atoms with Crippen molar-refractivity contribution in [3.63, 3.8) is 0 Å². The third-order valence-electron chi connectivity index (χ3n) is 3.04. The number of aliphatic carboxylic acids is 1. The van der Waals surface area contributed by atoms with Gasteiger partial charge in [-0.1, -0.05) is 6.92 Å². The summed E-state index contributed by atoms with van der Waals surface area (Å²) in [6.07, 6.45) is 0.695. The zero-order valence-corrected chi connectivity index (χ0v) is 12.3. The number of carbonyl (C=O) groups is 3. The normalized spacial score (nSPS) is 11.8. The molecular weight excluding hydrogens is 276 g/mol. The van der Waals surface area contributed by atoms with Crippen LogP contribution in [-0.2, 0) is 16.0 Å². The molecular formula is C13H20N4O4. The van der Waals surface area contributed by atoms with Crippen molar-refractivity contribution in [1.82, 2.24) is 20.4 Å². The zero-order chi connectivity index (χ0) is 16.0. The van der Waals surface area contributed by atoms with Crippen LogP contribution in [0.5, 0.6) is 0 Å². The predicted octanol–water partition coefficient (Wildman–Crippen LogP) is 0.0235. The fourth-order valence-electron chi connectivity index (χ4n) is 1.76. The van der Waals surface area contributed by atoms with E-state index < -0.39 is 17.9 Å². The van der Waals surface area contributed by atoms with E-state index in [-0.39, 0.29) is 24.7 Å². The van der Waals surface area contributed by atoms with E-state index in [1.807, 2.05) is 6.92 Å². The van der Waals surface area contributed by atoms with Crippen molar-refractivity contribution < 1.29 is 19.5 Å². The molecule has 0 fully saturated rings. The fourth-order valence-corrected chi connectivity index (χ4v) is 1.76. The number of carboxylic acid groups (broad SMARTS) is 1. The van der Waals surface area contributed by atoms with E-state index in [4.69, 9.17) is 5.11 Å². The first-order valence-corrected chi connectivity index (χ1v) is 6.69. The van der Waals surface area contributed by atoms with Gasteiger partial charge < -0.3 is 15.3 Å². The largest absolute Gasteiger partial charge is 0.480 e. The lowest BCUT2D eigenvalue weighted by Gasteiger charge is -2.25. The van der Waals surface area contributed by atoms with Gasteiger partial charge in [-0.2, -0.15) is 5.10 Å². The average molecular weight is 296 g/mol. The smallest absolute Gasteiger partial charge is 0.326 e. The van der Waals surface area contributed by atoms with Crippen LogP contribution < -0.4 is 5.32 Å². The number of H-pyrrole nitrogens is 1. The van der Waals surface area contributed by atoms with Crippen LogP contribution in [0.1, 0.15) is 37.0 Å². The lowest BCUT2D eigenvalue weighted by Crippen LogP contribution is -2.46. The number of carbonyl (C=O) groups excluding carboxylic acids is 2. The molecule has 1 rings (SSSR count). The second-order valence-electron chi connectivity index (χ2n) is 4.63. The number of nitrogens with one attached hydrogen (secondary N) is 2. The van der Waals surface area contributed by atoms with Crippen LogP contribution in [0.4, 0.5) is 0 Å². The Hall–Kier alpha value is -2.38. The van der Waals surface area contributed by atoms with Crippen LogP contribution in [0.25, 0.3) is 0 Å². The highest BCUT2D eigenvalue weighted by molar-refractivity contribution is 5.95. The number of nitrogens with zero attached hydrogens (tertiary/aromatic N) is 2. The number of aryl methyl sites for hydroxylation is 1. The van der Waals surface area contributed by atoms with E-state index in [9.17, 15) is 14.4 Å². The van der Waals surface area contributed by atoms with Crippen LogP contribution in [0.15, 0.2) is 6.07 Å². The standard InChI is InChI=1S/C13H20N4O4/c1-4-10-7-11(16-15-10)12(19)17(8(2)13(20)21)6-5-14-9(3)18/h7-8H,4-6H2,1-3H3,(H,14,18)(H,15,16)(H,20,21). The molecule has 0 aliphatic carbocycles. The highest BCUT2D eigenvalue weighted by atomic mass is 16.4. The van der Waals surface area contributed by atoms with Gasteiger partial charge in [-0.05, 0) is 19.4 Å². The zero-order valence-electron chi connectivity index (χ0n) is 12.3. The summed E-state index contributed by atoms with van der Waals surface area (Å²) in [6, 6.07) is 0.593. The minimum Gasteiger partial charge on any atom is -0.480 e. The molecule has 1 aromatic heterocycles. The molecule has 1 heterocycles. The molecule has 0 saturated heterocycles. The van der Waals surface area contributed by atoms with E-state index >= 15 is 0 Å². The lowest BCUT2D eigenvalue weighted by molar-refractivity contribution is -0.141. The van der Waals surface area contributed by atoms with Crippen molar-refractivity contribution in [2.24, 2.45) is 0 Å². The van der Waals surface area contributed by atoms with E-state index in [1.54, 1.807) is 6.07 Å². The van der Waals surface area contributed by atoms with E-state index in [1.165, 1.54) is 18.7 Å². The summed E-state index contributed by atoms with van der Waals surface area (Å²) in [5.41, 5.74) is 0.964. The number of amides is 2. The van der Waals surface area contributed by atoms with Gasteiger partial charge in [0.1, 0.15) is 11.7 Å². The summed E-state index contributed by atoms with van der Waals surface area (Å²) in [7, 11) is 0. The summed E-state index contributed by atoms with van der Waals surface area (Å²) in [4.78, 5) is 35.5. The van der Waals surface area contributed by atoms with Gasteiger partial charge >= 0.3 is 5.97 Å². The number of rotatable bonds is 7. The Labute approximate surface area is 122 Å². The number of aromatic nitrogens is 2. The minimum absolute atomic E-state index is 0.0974. The first-order valence-electron chi connectivity index (χ1n) is 6.69. The van der Waals surface area contributed by atoms with Gasteiger partial charge in [0.15, 0.2) is 0 Å². The van der Waals surface area contributed by atoms with Gasteiger partial charge in [-0.3, -0.25) is 14.7 Å². The van der Waals surface area contributed by atoms with Crippen molar-refractivity contribution in [3.8, 4) is 0 Å². The molecule has 0 radical (unpaired) electrons. The Bertz CT molecular complexity index is 526. The molecule has 0 bridgehead atoms. The van der Waals surface area contributed by atoms with Crippen molar-refractivity contribution >= 4 is 17.8 Å². The molecule has 0 spiro atoms. The van der Waals surface area contributed by atoms with E-state index in [0.29, 0.717) is 6.42 Å². The van der Waals surface area contributed by atoms with Gasteiger partial charge in [0.05, 0.1) is 0 Å².